The fourth-order valence-corrected chi connectivity index (χ4v) is 3.27. The fraction of sp³-hybridized carbons (Fsp3) is 0.346. The average Bonchev–Trinajstić information content (AvgIpc) is 2.80. The van der Waals surface area contributed by atoms with Crippen LogP contribution in [-0.4, -0.2) is 38.2 Å². The van der Waals surface area contributed by atoms with Crippen LogP contribution in [0.1, 0.15) is 42.4 Å². The maximum Gasteiger partial charge on any atom is 0.200 e. The van der Waals surface area contributed by atoms with Gasteiger partial charge >= 0.3 is 0 Å². The quantitative estimate of drug-likeness (QED) is 0.220. The Hall–Kier alpha value is -3.04. The lowest BCUT2D eigenvalue weighted by molar-refractivity contribution is -0.697. The number of unbranched alkanes of at least 4 members (excludes halogenated alkanes) is 3. The molecule has 0 bridgehead atoms. The smallest absolute Gasteiger partial charge is 0.200 e. The third-order valence-electron chi connectivity index (χ3n) is 4.86. The van der Waals surface area contributed by atoms with Crippen LogP contribution in [0.3, 0.4) is 0 Å². The van der Waals surface area contributed by atoms with Gasteiger partial charge in [0.15, 0.2) is 26.0 Å². The van der Waals surface area contributed by atoms with E-state index in [2.05, 4.69) is 46.3 Å². The number of carbonyl (C=O) groups excluding carboxylic acids is 1. The number of aryl methyl sites for hydroxylation is 4. The Labute approximate surface area is 210 Å². The molecule has 186 valence electrons. The highest BCUT2D eigenvalue weighted by Crippen LogP contribution is 2.08. The zero-order valence-corrected chi connectivity index (χ0v) is 21.5. The molecule has 0 fully saturated rings. The minimum Gasteiger partial charge on any atom is -0.744 e. The fourth-order valence-electron chi connectivity index (χ4n) is 2.80. The number of carbonyl (C=O) groups is 1. The normalized spacial score (nSPS) is 10.3. The molecule has 35 heavy (non-hydrogen) atoms. The van der Waals surface area contributed by atoms with Gasteiger partial charge in [0.05, 0.1) is 4.90 Å². The molecule has 1 amide bonds. The monoisotopic (exact) mass is 495 g/mol. The zero-order chi connectivity index (χ0) is 26.1. The van der Waals surface area contributed by atoms with E-state index in [0.29, 0.717) is 6.54 Å². The molecule has 0 unspecified atom stereocenters. The lowest BCUT2D eigenvalue weighted by Crippen LogP contribution is -2.32. The van der Waals surface area contributed by atoms with Gasteiger partial charge in [-0.05, 0) is 69.0 Å². The largest absolute Gasteiger partial charge is 0.744 e. The minimum absolute atomic E-state index is 0.178. The summed E-state index contributed by atoms with van der Waals surface area (Å²) >= 11 is 0. The summed E-state index contributed by atoms with van der Waals surface area (Å²) in [5.74, 6) is -0.430. The van der Waals surface area contributed by atoms with E-state index in [4.69, 9.17) is 7.85 Å². The second-order valence-electron chi connectivity index (χ2n) is 8.11. The predicted octanol–water partition coefficient (Wildman–Crippen LogP) is 4.01. The second-order valence-corrected chi connectivity index (χ2v) is 9.49. The van der Waals surface area contributed by atoms with Crippen molar-refractivity contribution in [2.24, 2.45) is 0 Å². The second kappa shape index (κ2) is 16.6. The van der Waals surface area contributed by atoms with E-state index in [-0.39, 0.29) is 4.90 Å². The summed E-state index contributed by atoms with van der Waals surface area (Å²) < 4.78 is 33.4. The molecular weight excluding hydrogens is 461 g/mol. The van der Waals surface area contributed by atoms with E-state index in [1.54, 1.807) is 24.5 Å². The van der Waals surface area contributed by atoms with Gasteiger partial charge in [-0.15, -0.1) is 0 Å². The Balaban J connectivity index is 0.000000289. The maximum atomic E-state index is 10.4. The van der Waals surface area contributed by atoms with Crippen molar-refractivity contribution in [2.75, 3.05) is 6.54 Å². The molecule has 2 radical (unpaired) electrons. The van der Waals surface area contributed by atoms with Crippen molar-refractivity contribution in [3.05, 3.63) is 90.0 Å². The van der Waals surface area contributed by atoms with E-state index in [1.807, 2.05) is 26.0 Å². The number of hydrogen-bond acceptors (Lipinski definition) is 5. The van der Waals surface area contributed by atoms with E-state index < -0.39 is 15.9 Å². The first-order chi connectivity index (χ1) is 16.6. The van der Waals surface area contributed by atoms with Gasteiger partial charge in [-0.2, -0.15) is 0 Å². The van der Waals surface area contributed by atoms with Crippen LogP contribution in [0.15, 0.2) is 78.2 Å². The molecule has 3 aromatic rings. The molecule has 1 aromatic carbocycles. The number of rotatable bonds is 8. The molecule has 7 nitrogen and oxygen atoms in total. The molecule has 0 aliphatic heterocycles. The van der Waals surface area contributed by atoms with Gasteiger partial charge in [0.2, 0.25) is 0 Å². The number of nitrogens with one attached hydrogen (secondary N) is 1. The molecule has 0 aliphatic carbocycles. The standard InChI is InChI=1S/C13H19BN2O.C7H8O3S.C6H7N/c1-12-6-10-16(11-7-12)9-5-3-2-4-8-15-13(14)17;1-6-2-4-7(5-3-6)11(8,9)10;1-6-2-4-7-5-3-6/h6-7,10-11H,2-5,8-9H2,1H3;2-5H,1H3,(H,8,9,10);2-5H,1H3. The van der Waals surface area contributed by atoms with Gasteiger partial charge in [-0.3, -0.25) is 9.78 Å². The van der Waals surface area contributed by atoms with Crippen LogP contribution < -0.4 is 9.88 Å². The average molecular weight is 495 g/mol. The highest BCUT2D eigenvalue weighted by Gasteiger charge is 1.99. The number of nitrogens with zero attached hydrogens (tertiary/aromatic N) is 2. The Morgan fingerprint density at radius 1 is 0.857 bits per heavy atom. The third kappa shape index (κ3) is 15.5. The van der Waals surface area contributed by atoms with Crippen LogP contribution in [0.5, 0.6) is 0 Å². The Morgan fingerprint density at radius 3 is 1.86 bits per heavy atom. The lowest BCUT2D eigenvalue weighted by atomic mass is 10.1. The summed E-state index contributed by atoms with van der Waals surface area (Å²) in [5.41, 5.74) is 3.48. The van der Waals surface area contributed by atoms with E-state index in [0.717, 1.165) is 24.9 Å². The SMILES string of the molecule is Cc1ccc(S(=O)(=O)[O-])cc1.Cc1ccncc1.[B]C(=O)NCCCCCC[n+]1ccc(C)cc1. The molecule has 0 saturated carbocycles. The Kier molecular flexibility index (Phi) is 14.2. The van der Waals surface area contributed by atoms with Gasteiger partial charge in [-0.1, -0.05) is 24.1 Å². The summed E-state index contributed by atoms with van der Waals surface area (Å²) in [5, 5.41) is 2.59. The van der Waals surface area contributed by atoms with Crippen molar-refractivity contribution in [3.63, 3.8) is 0 Å². The van der Waals surface area contributed by atoms with Crippen LogP contribution in [-0.2, 0) is 16.7 Å². The van der Waals surface area contributed by atoms with Crippen molar-refractivity contribution in [1.29, 1.82) is 0 Å². The highest BCUT2D eigenvalue weighted by atomic mass is 32.2. The molecule has 9 heteroatoms. The van der Waals surface area contributed by atoms with Crippen molar-refractivity contribution in [3.8, 4) is 0 Å². The number of benzene rings is 1. The van der Waals surface area contributed by atoms with E-state index in [9.17, 15) is 17.8 Å². The minimum atomic E-state index is -4.27. The topological polar surface area (TPSA) is 103 Å². The summed E-state index contributed by atoms with van der Waals surface area (Å²) in [7, 11) is 0.699. The summed E-state index contributed by atoms with van der Waals surface area (Å²) in [4.78, 5) is 14.1. The molecule has 0 atom stereocenters. The lowest BCUT2D eigenvalue weighted by Gasteiger charge is -2.05. The summed E-state index contributed by atoms with van der Waals surface area (Å²) in [6, 6.07) is 14.0. The van der Waals surface area contributed by atoms with Crippen molar-refractivity contribution >= 4 is 23.8 Å². The number of amides is 1. The number of pyridine rings is 2. The summed E-state index contributed by atoms with van der Waals surface area (Å²) in [6.45, 7) is 7.70. The first-order valence-electron chi connectivity index (χ1n) is 11.5. The zero-order valence-electron chi connectivity index (χ0n) is 20.7. The number of hydrogen-bond donors (Lipinski definition) is 1. The van der Waals surface area contributed by atoms with Crippen molar-refractivity contribution in [1.82, 2.24) is 10.3 Å². The Bertz CT molecular complexity index is 1090. The summed E-state index contributed by atoms with van der Waals surface area (Å²) in [6.07, 6.45) is 12.3. The van der Waals surface area contributed by atoms with Crippen LogP contribution in [0.25, 0.3) is 0 Å². The highest BCUT2D eigenvalue weighted by molar-refractivity contribution is 7.85. The third-order valence-corrected chi connectivity index (χ3v) is 5.71. The molecule has 2 heterocycles. The molecule has 0 spiro atoms. The van der Waals surface area contributed by atoms with Crippen molar-refractivity contribution in [2.45, 2.75) is 57.9 Å². The van der Waals surface area contributed by atoms with Crippen LogP contribution >= 0.6 is 0 Å². The first-order valence-corrected chi connectivity index (χ1v) is 12.9. The molecule has 1 N–H and O–H groups in total. The molecule has 0 aliphatic rings. The predicted molar refractivity (Wildman–Crippen MR) is 137 cm³/mol. The first kappa shape index (κ1) is 30.0. The maximum absolute atomic E-state index is 10.4. The van der Waals surface area contributed by atoms with E-state index >= 15 is 0 Å². The van der Waals surface area contributed by atoms with Gasteiger partial charge < -0.3 is 9.87 Å². The van der Waals surface area contributed by atoms with Crippen molar-refractivity contribution < 1.29 is 22.3 Å². The molecule has 0 saturated heterocycles. The van der Waals surface area contributed by atoms with E-state index in [1.165, 1.54) is 36.1 Å². The van der Waals surface area contributed by atoms with Gasteiger partial charge in [0, 0.05) is 37.5 Å². The Morgan fingerprint density at radius 2 is 1.37 bits per heavy atom. The number of aromatic nitrogens is 2. The molecular formula is C26H34BN3O4S. The van der Waals surface area contributed by atoms with Crippen LogP contribution in [0.4, 0.5) is 4.79 Å². The van der Waals surface area contributed by atoms with Crippen LogP contribution in [0, 0.1) is 20.8 Å². The van der Waals surface area contributed by atoms with Crippen LogP contribution in [0.2, 0.25) is 0 Å². The van der Waals surface area contributed by atoms with Gasteiger partial charge in [0.1, 0.15) is 16.7 Å². The molecule has 2 aromatic heterocycles. The van der Waals surface area contributed by atoms with Gasteiger partial charge in [-0.25, -0.2) is 13.0 Å². The van der Waals surface area contributed by atoms with Gasteiger partial charge in [0.25, 0.3) is 0 Å². The molecule has 3 rings (SSSR count).